The Morgan fingerprint density at radius 1 is 1.38 bits per heavy atom. The number of hydrogen-bond acceptors (Lipinski definition) is 4. The maximum Gasteiger partial charge on any atom is 0.263 e. The Morgan fingerprint density at radius 3 is 2.38 bits per heavy atom. The lowest BCUT2D eigenvalue weighted by Crippen LogP contribution is -2.38. The van der Waals surface area contributed by atoms with Gasteiger partial charge in [-0.3, -0.25) is 4.79 Å². The van der Waals surface area contributed by atoms with Crippen LogP contribution in [0.15, 0.2) is 36.0 Å². The number of hydrogen-bond donors (Lipinski definition) is 1. The highest BCUT2D eigenvalue weighted by molar-refractivity contribution is 5.97. The summed E-state index contributed by atoms with van der Waals surface area (Å²) in [6.07, 6.45) is 1.63. The van der Waals surface area contributed by atoms with E-state index >= 15 is 0 Å². The zero-order valence-electron chi connectivity index (χ0n) is 15.4. The summed E-state index contributed by atoms with van der Waals surface area (Å²) in [7, 11) is 1.61. The second-order valence-electron chi connectivity index (χ2n) is 6.58. The van der Waals surface area contributed by atoms with Gasteiger partial charge >= 0.3 is 0 Å². The second-order valence-corrected chi connectivity index (χ2v) is 6.58. The fraction of sp³-hybridized carbons (Fsp3) is 0.474. The van der Waals surface area contributed by atoms with Crippen LogP contribution in [0.5, 0.6) is 5.75 Å². The molecule has 1 unspecified atom stereocenters. The molecule has 1 aromatic carbocycles. The molecule has 0 aromatic heterocycles. The predicted molar refractivity (Wildman–Crippen MR) is 95.4 cm³/mol. The van der Waals surface area contributed by atoms with Gasteiger partial charge < -0.3 is 15.0 Å². The minimum absolute atomic E-state index is 0.104. The van der Waals surface area contributed by atoms with E-state index in [1.54, 1.807) is 13.3 Å². The quantitative estimate of drug-likeness (QED) is 0.642. The number of carbonyl (C=O) groups excluding carboxylic acids is 1. The molecule has 1 aromatic rings. The van der Waals surface area contributed by atoms with E-state index in [-0.39, 0.29) is 23.1 Å². The van der Waals surface area contributed by atoms with E-state index in [4.69, 9.17) is 4.74 Å². The molecular weight excluding hydrogens is 302 g/mol. The van der Waals surface area contributed by atoms with Gasteiger partial charge in [0.25, 0.3) is 5.91 Å². The van der Waals surface area contributed by atoms with Crippen LogP contribution in [0.2, 0.25) is 0 Å². The Morgan fingerprint density at radius 2 is 1.96 bits per heavy atom. The number of benzene rings is 1. The third-order valence-corrected chi connectivity index (χ3v) is 3.82. The first-order chi connectivity index (χ1) is 11.2. The number of ether oxygens (including phenoxy) is 1. The highest BCUT2D eigenvalue weighted by Crippen LogP contribution is 2.18. The van der Waals surface area contributed by atoms with Gasteiger partial charge in [-0.1, -0.05) is 12.1 Å². The molecule has 1 N–H and O–H groups in total. The number of nitrogens with one attached hydrogen (secondary N) is 1. The third-order valence-electron chi connectivity index (χ3n) is 3.82. The molecule has 0 aliphatic carbocycles. The Balaban J connectivity index is 2.88. The Hall–Kier alpha value is -2.48. The molecule has 1 rings (SSSR count). The summed E-state index contributed by atoms with van der Waals surface area (Å²) >= 11 is 0. The molecule has 0 radical (unpaired) electrons. The van der Waals surface area contributed by atoms with Crippen molar-refractivity contribution in [3.8, 4) is 11.8 Å². The zero-order valence-corrected chi connectivity index (χ0v) is 15.4. The summed E-state index contributed by atoms with van der Waals surface area (Å²) < 4.78 is 5.13. The normalized spacial score (nSPS) is 13.0. The van der Waals surface area contributed by atoms with Gasteiger partial charge in [-0.2, -0.15) is 5.26 Å². The lowest BCUT2D eigenvalue weighted by atomic mass is 10.1. The molecule has 0 bridgehead atoms. The molecule has 0 aliphatic heterocycles. The maximum atomic E-state index is 12.4. The smallest absolute Gasteiger partial charge is 0.263 e. The summed E-state index contributed by atoms with van der Waals surface area (Å²) in [5.41, 5.74) is 0.899. The molecule has 1 atom stereocenters. The topological polar surface area (TPSA) is 65.4 Å². The van der Waals surface area contributed by atoms with Crippen LogP contribution in [0.25, 0.3) is 0 Å². The van der Waals surface area contributed by atoms with Gasteiger partial charge in [-0.05, 0) is 52.3 Å². The molecular formula is C19H27N3O2. The van der Waals surface area contributed by atoms with Gasteiger partial charge in [0.1, 0.15) is 17.4 Å². The van der Waals surface area contributed by atoms with Crippen LogP contribution >= 0.6 is 0 Å². The largest absolute Gasteiger partial charge is 0.497 e. The van der Waals surface area contributed by atoms with Gasteiger partial charge in [0.05, 0.1) is 13.2 Å². The van der Waals surface area contributed by atoms with Crippen molar-refractivity contribution < 1.29 is 9.53 Å². The van der Waals surface area contributed by atoms with Crippen LogP contribution in [-0.2, 0) is 4.79 Å². The van der Waals surface area contributed by atoms with Gasteiger partial charge in [0.15, 0.2) is 0 Å². The fourth-order valence-corrected chi connectivity index (χ4v) is 2.30. The number of nitriles is 1. The molecule has 0 aliphatic rings. The van der Waals surface area contributed by atoms with Crippen LogP contribution < -0.4 is 10.1 Å². The van der Waals surface area contributed by atoms with Gasteiger partial charge in [-0.15, -0.1) is 0 Å². The van der Waals surface area contributed by atoms with Crippen molar-refractivity contribution in [3.63, 3.8) is 0 Å². The monoisotopic (exact) mass is 329 g/mol. The number of amides is 1. The average molecular weight is 329 g/mol. The molecule has 0 saturated heterocycles. The second kappa shape index (κ2) is 8.39. The first kappa shape index (κ1) is 19.6. The number of rotatable bonds is 6. The van der Waals surface area contributed by atoms with Crippen LogP contribution in [-0.4, -0.2) is 30.0 Å². The zero-order chi connectivity index (χ0) is 18.3. The van der Waals surface area contributed by atoms with E-state index in [1.165, 1.54) is 0 Å². The maximum absolute atomic E-state index is 12.4. The van der Waals surface area contributed by atoms with Crippen LogP contribution in [0.1, 0.15) is 46.2 Å². The summed E-state index contributed by atoms with van der Waals surface area (Å²) in [4.78, 5) is 14.4. The Kier molecular flexibility index (Phi) is 6.84. The van der Waals surface area contributed by atoms with Crippen molar-refractivity contribution in [1.29, 1.82) is 5.26 Å². The van der Waals surface area contributed by atoms with Crippen LogP contribution in [0.3, 0.4) is 0 Å². The molecule has 0 fully saturated rings. The Labute approximate surface area is 144 Å². The third kappa shape index (κ3) is 5.31. The van der Waals surface area contributed by atoms with Crippen molar-refractivity contribution in [2.75, 3.05) is 13.7 Å². The number of carbonyl (C=O) groups is 1. The van der Waals surface area contributed by atoms with Gasteiger partial charge in [-0.25, -0.2) is 0 Å². The summed E-state index contributed by atoms with van der Waals surface area (Å²) in [5.74, 6) is 0.391. The molecule has 0 saturated carbocycles. The first-order valence-electron chi connectivity index (χ1n) is 8.06. The molecule has 0 spiro atoms. The van der Waals surface area contributed by atoms with Crippen LogP contribution in [0.4, 0.5) is 0 Å². The summed E-state index contributed by atoms with van der Waals surface area (Å²) in [6.45, 7) is 10.7. The molecule has 1 amide bonds. The SMILES string of the molecule is CCN(/C=C(/C#N)C(=O)NC(C)c1ccc(OC)cc1)C(C)(C)C. The molecule has 5 nitrogen and oxygen atoms in total. The predicted octanol–water partition coefficient (Wildman–Crippen LogP) is 3.40. The number of methoxy groups -OCH3 is 1. The van der Waals surface area contributed by atoms with E-state index in [0.717, 1.165) is 17.9 Å². The van der Waals surface area contributed by atoms with Crippen molar-refractivity contribution in [2.45, 2.75) is 46.2 Å². The van der Waals surface area contributed by atoms with Gasteiger partial charge in [0.2, 0.25) is 0 Å². The first-order valence-corrected chi connectivity index (χ1v) is 8.06. The summed E-state index contributed by atoms with van der Waals surface area (Å²) in [6, 6.07) is 9.28. The fourth-order valence-electron chi connectivity index (χ4n) is 2.30. The highest BCUT2D eigenvalue weighted by atomic mass is 16.5. The standard InChI is InChI=1S/C19H27N3O2/c1-7-22(19(3,4)5)13-16(12-20)18(23)21-14(2)15-8-10-17(24-6)11-9-15/h8-11,13-14H,7H2,1-6H3,(H,21,23)/b16-13-. The highest BCUT2D eigenvalue weighted by Gasteiger charge is 2.20. The van der Waals surface area contributed by atoms with E-state index in [1.807, 2.05) is 69.9 Å². The molecule has 0 heterocycles. The van der Waals surface area contributed by atoms with E-state index < -0.39 is 0 Å². The minimum atomic E-state index is -0.372. The van der Waals surface area contributed by atoms with Crippen LogP contribution in [0, 0.1) is 11.3 Å². The van der Waals surface area contributed by atoms with Crippen molar-refractivity contribution in [2.24, 2.45) is 0 Å². The van der Waals surface area contributed by atoms with Crippen molar-refractivity contribution in [1.82, 2.24) is 10.2 Å². The minimum Gasteiger partial charge on any atom is -0.497 e. The van der Waals surface area contributed by atoms with Crippen molar-refractivity contribution >= 4 is 5.91 Å². The molecule has 5 heteroatoms. The van der Waals surface area contributed by atoms with Crippen molar-refractivity contribution in [3.05, 3.63) is 41.6 Å². The lowest BCUT2D eigenvalue weighted by molar-refractivity contribution is -0.117. The van der Waals surface area contributed by atoms with E-state index in [9.17, 15) is 10.1 Å². The lowest BCUT2D eigenvalue weighted by Gasteiger charge is -2.34. The van der Waals surface area contributed by atoms with E-state index in [0.29, 0.717) is 0 Å². The molecule has 24 heavy (non-hydrogen) atoms. The molecule has 130 valence electrons. The Bertz CT molecular complexity index is 621. The number of nitrogens with zero attached hydrogens (tertiary/aromatic N) is 2. The summed E-state index contributed by atoms with van der Waals surface area (Å²) in [5, 5.41) is 12.2. The van der Waals surface area contributed by atoms with E-state index in [2.05, 4.69) is 5.32 Å². The average Bonchev–Trinajstić information content (AvgIpc) is 2.54. The van der Waals surface area contributed by atoms with Gasteiger partial charge in [0, 0.05) is 18.3 Å².